The first-order chi connectivity index (χ1) is 13.1. The first-order valence-corrected chi connectivity index (χ1v) is 8.83. The molecule has 0 atom stereocenters. The van der Waals surface area contributed by atoms with Crippen LogP contribution in [0.25, 0.3) is 5.69 Å². The minimum atomic E-state index is -0.301. The largest absolute Gasteiger partial charge is 0.492 e. The molecule has 140 valence electrons. The van der Waals surface area contributed by atoms with E-state index in [0.29, 0.717) is 31.7 Å². The van der Waals surface area contributed by atoms with Gasteiger partial charge in [-0.3, -0.25) is 4.79 Å². The maximum atomic E-state index is 12.9. The van der Waals surface area contributed by atoms with Crippen LogP contribution in [0.4, 0.5) is 4.39 Å². The molecule has 1 aromatic heterocycles. The zero-order valence-corrected chi connectivity index (χ0v) is 15.2. The predicted molar refractivity (Wildman–Crippen MR) is 101 cm³/mol. The van der Waals surface area contributed by atoms with E-state index >= 15 is 0 Å². The van der Waals surface area contributed by atoms with E-state index < -0.39 is 0 Å². The Kier molecular flexibility index (Phi) is 6.20. The molecule has 0 aliphatic heterocycles. The highest BCUT2D eigenvalue weighted by Gasteiger charge is 2.10. The highest BCUT2D eigenvalue weighted by molar-refractivity contribution is 5.76. The Hall–Kier alpha value is -3.15. The number of hydrogen-bond donors (Lipinski definition) is 0. The van der Waals surface area contributed by atoms with Gasteiger partial charge in [-0.1, -0.05) is 18.2 Å². The Morgan fingerprint density at radius 1 is 1.15 bits per heavy atom. The van der Waals surface area contributed by atoms with Gasteiger partial charge in [0.25, 0.3) is 0 Å². The lowest BCUT2D eigenvalue weighted by molar-refractivity contribution is -0.130. The van der Waals surface area contributed by atoms with Gasteiger partial charge in [-0.15, -0.1) is 0 Å². The molecule has 0 saturated carbocycles. The summed E-state index contributed by atoms with van der Waals surface area (Å²) in [5, 5.41) is 4.34. The number of likely N-dealkylation sites (N-methyl/N-ethyl adjacent to an activating group) is 1. The molecule has 0 radical (unpaired) electrons. The fourth-order valence-electron chi connectivity index (χ4n) is 2.61. The van der Waals surface area contributed by atoms with E-state index in [9.17, 15) is 9.18 Å². The molecule has 5 nitrogen and oxygen atoms in total. The molecule has 0 fully saturated rings. The number of amides is 1. The average molecular weight is 367 g/mol. The van der Waals surface area contributed by atoms with Crippen LogP contribution in [0.5, 0.6) is 5.75 Å². The van der Waals surface area contributed by atoms with Gasteiger partial charge in [0.2, 0.25) is 5.91 Å². The van der Waals surface area contributed by atoms with Gasteiger partial charge in [-0.25, -0.2) is 9.07 Å². The van der Waals surface area contributed by atoms with Gasteiger partial charge < -0.3 is 9.64 Å². The Morgan fingerprint density at radius 2 is 1.89 bits per heavy atom. The van der Waals surface area contributed by atoms with Crippen molar-refractivity contribution >= 4 is 5.91 Å². The van der Waals surface area contributed by atoms with E-state index in [-0.39, 0.29) is 11.7 Å². The number of rotatable bonds is 8. The second-order valence-corrected chi connectivity index (χ2v) is 6.25. The van der Waals surface area contributed by atoms with E-state index in [1.807, 2.05) is 36.5 Å². The van der Waals surface area contributed by atoms with Crippen LogP contribution in [0.15, 0.2) is 67.0 Å². The summed E-state index contributed by atoms with van der Waals surface area (Å²) in [5.41, 5.74) is 2.01. The molecular weight excluding hydrogens is 345 g/mol. The highest BCUT2D eigenvalue weighted by Crippen LogP contribution is 2.12. The number of nitrogens with zero attached hydrogens (tertiary/aromatic N) is 3. The van der Waals surface area contributed by atoms with Crippen LogP contribution >= 0.6 is 0 Å². The topological polar surface area (TPSA) is 47.4 Å². The summed E-state index contributed by atoms with van der Waals surface area (Å²) < 4.78 is 20.2. The second-order valence-electron chi connectivity index (χ2n) is 6.25. The number of halogens is 1. The van der Waals surface area contributed by atoms with Crippen molar-refractivity contribution in [2.24, 2.45) is 0 Å². The lowest BCUT2D eigenvalue weighted by atomic mass is 10.2. The SMILES string of the molecule is CN(CCOc1ccc(F)cc1)C(=O)CCc1cnn(-c2ccccc2)c1. The minimum Gasteiger partial charge on any atom is -0.492 e. The summed E-state index contributed by atoms with van der Waals surface area (Å²) in [4.78, 5) is 13.9. The molecule has 27 heavy (non-hydrogen) atoms. The van der Waals surface area contributed by atoms with Crippen molar-refractivity contribution in [3.05, 3.63) is 78.4 Å². The summed E-state index contributed by atoms with van der Waals surface area (Å²) in [6.07, 6.45) is 4.78. The molecule has 0 aliphatic rings. The standard InChI is InChI=1S/C21H22FN3O2/c1-24(13-14-27-20-10-8-18(22)9-11-20)21(26)12-7-17-15-23-25(16-17)19-5-3-2-4-6-19/h2-6,8-11,15-16H,7,12-14H2,1H3. The third-order valence-corrected chi connectivity index (χ3v) is 4.22. The average Bonchev–Trinajstić information content (AvgIpc) is 3.17. The van der Waals surface area contributed by atoms with Crippen LogP contribution in [0.1, 0.15) is 12.0 Å². The van der Waals surface area contributed by atoms with Gasteiger partial charge in [0, 0.05) is 19.7 Å². The van der Waals surface area contributed by atoms with E-state index in [4.69, 9.17) is 4.74 Å². The molecule has 0 aliphatic carbocycles. The molecule has 3 aromatic rings. The summed E-state index contributed by atoms with van der Waals surface area (Å²) in [6, 6.07) is 15.7. The van der Waals surface area contributed by atoms with Gasteiger partial charge in [0.05, 0.1) is 18.4 Å². The van der Waals surface area contributed by atoms with Crippen LogP contribution in [0.3, 0.4) is 0 Å². The maximum Gasteiger partial charge on any atom is 0.222 e. The van der Waals surface area contributed by atoms with Gasteiger partial charge in [0.15, 0.2) is 0 Å². The number of ether oxygens (including phenoxy) is 1. The van der Waals surface area contributed by atoms with Gasteiger partial charge >= 0.3 is 0 Å². The van der Waals surface area contributed by atoms with E-state index in [1.54, 1.807) is 35.0 Å². The molecule has 0 bridgehead atoms. The fourth-order valence-corrected chi connectivity index (χ4v) is 2.61. The molecule has 0 unspecified atom stereocenters. The smallest absolute Gasteiger partial charge is 0.222 e. The molecule has 0 saturated heterocycles. The fraction of sp³-hybridized carbons (Fsp3) is 0.238. The predicted octanol–water partition coefficient (Wildman–Crippen LogP) is 3.48. The molecule has 2 aromatic carbocycles. The first kappa shape index (κ1) is 18.6. The van der Waals surface area contributed by atoms with Crippen LogP contribution in [0.2, 0.25) is 0 Å². The molecule has 0 N–H and O–H groups in total. The molecule has 1 heterocycles. The number of hydrogen-bond acceptors (Lipinski definition) is 3. The monoisotopic (exact) mass is 367 g/mol. The number of aromatic nitrogens is 2. The number of benzene rings is 2. The van der Waals surface area contributed by atoms with Crippen molar-refractivity contribution in [2.45, 2.75) is 12.8 Å². The quantitative estimate of drug-likeness (QED) is 0.612. The third-order valence-electron chi connectivity index (χ3n) is 4.22. The molecular formula is C21H22FN3O2. The molecule has 1 amide bonds. The number of aryl methyl sites for hydroxylation is 1. The summed E-state index contributed by atoms with van der Waals surface area (Å²) >= 11 is 0. The zero-order chi connectivity index (χ0) is 19.1. The van der Waals surface area contributed by atoms with Crippen molar-refractivity contribution in [3.8, 4) is 11.4 Å². The molecule has 3 rings (SSSR count). The van der Waals surface area contributed by atoms with Crippen molar-refractivity contribution in [3.63, 3.8) is 0 Å². The maximum absolute atomic E-state index is 12.9. The second kappa shape index (κ2) is 8.98. The van der Waals surface area contributed by atoms with Gasteiger partial charge in [0.1, 0.15) is 18.2 Å². The zero-order valence-electron chi connectivity index (χ0n) is 15.2. The Balaban J connectivity index is 1.42. The Bertz CT molecular complexity index is 863. The summed E-state index contributed by atoms with van der Waals surface area (Å²) in [5.74, 6) is 0.334. The van der Waals surface area contributed by atoms with Crippen LogP contribution < -0.4 is 4.74 Å². The van der Waals surface area contributed by atoms with E-state index in [0.717, 1.165) is 11.3 Å². The lowest BCUT2D eigenvalue weighted by Gasteiger charge is -2.17. The van der Waals surface area contributed by atoms with Crippen LogP contribution in [-0.4, -0.2) is 40.8 Å². The normalized spacial score (nSPS) is 10.6. The highest BCUT2D eigenvalue weighted by atomic mass is 19.1. The summed E-state index contributed by atoms with van der Waals surface area (Å²) in [6.45, 7) is 0.833. The van der Waals surface area contributed by atoms with Gasteiger partial charge in [-0.2, -0.15) is 5.10 Å². The van der Waals surface area contributed by atoms with Crippen molar-refractivity contribution in [1.82, 2.24) is 14.7 Å². The molecule has 6 heteroatoms. The Morgan fingerprint density at radius 3 is 2.63 bits per heavy atom. The third kappa shape index (κ3) is 5.41. The number of para-hydroxylation sites is 1. The van der Waals surface area contributed by atoms with Crippen LogP contribution in [-0.2, 0) is 11.2 Å². The summed E-state index contributed by atoms with van der Waals surface area (Å²) in [7, 11) is 1.75. The molecule has 0 spiro atoms. The number of carbonyl (C=O) groups excluding carboxylic acids is 1. The van der Waals surface area contributed by atoms with Gasteiger partial charge in [-0.05, 0) is 48.4 Å². The number of carbonyl (C=O) groups is 1. The minimum absolute atomic E-state index is 0.0465. The van der Waals surface area contributed by atoms with E-state index in [2.05, 4.69) is 5.10 Å². The van der Waals surface area contributed by atoms with Crippen molar-refractivity contribution < 1.29 is 13.9 Å². The van der Waals surface area contributed by atoms with Crippen molar-refractivity contribution in [2.75, 3.05) is 20.2 Å². The Labute approximate surface area is 158 Å². The van der Waals surface area contributed by atoms with Crippen molar-refractivity contribution in [1.29, 1.82) is 0 Å². The first-order valence-electron chi connectivity index (χ1n) is 8.83. The van der Waals surface area contributed by atoms with Crippen LogP contribution in [0, 0.1) is 5.82 Å². The lowest BCUT2D eigenvalue weighted by Crippen LogP contribution is -2.31. The van der Waals surface area contributed by atoms with E-state index in [1.165, 1.54) is 12.1 Å².